The average molecular weight is 326 g/mol. The summed E-state index contributed by atoms with van der Waals surface area (Å²) in [5.74, 6) is -4.62. The summed E-state index contributed by atoms with van der Waals surface area (Å²) in [6.07, 6.45) is -0.893. The van der Waals surface area contributed by atoms with E-state index in [2.05, 4.69) is 0 Å². The number of aliphatic carboxylic acids is 4. The Bertz CT molecular complexity index is 264. The first-order valence-corrected chi connectivity index (χ1v) is 4.59. The van der Waals surface area contributed by atoms with E-state index in [1.54, 1.807) is 0 Å². The van der Waals surface area contributed by atoms with Crippen LogP contribution in [0.1, 0.15) is 32.1 Å². The van der Waals surface area contributed by atoms with Crippen LogP contribution in [0.4, 0.5) is 0 Å². The Hall–Kier alpha value is 1.15. The third-order valence-electron chi connectivity index (χ3n) is 1.31. The van der Waals surface area contributed by atoms with Gasteiger partial charge in [0.1, 0.15) is 0 Å². The summed E-state index contributed by atoms with van der Waals surface area (Å²) in [5.41, 5.74) is 0. The molecule has 0 heterocycles. The molecule has 10 heteroatoms. The first kappa shape index (κ1) is 28.3. The normalized spacial score (nSPS) is 7.79. The molecule has 19 heavy (non-hydrogen) atoms. The smallest absolute Gasteiger partial charge is 0.550 e. The molecule has 8 nitrogen and oxygen atoms in total. The van der Waals surface area contributed by atoms with E-state index in [-0.39, 0.29) is 128 Å². The zero-order valence-electron chi connectivity index (χ0n) is 10.9. The van der Waals surface area contributed by atoms with Crippen molar-refractivity contribution in [2.24, 2.45) is 0 Å². The molecule has 0 aliphatic rings. The molecule has 0 aromatic heterocycles. The Morgan fingerprint density at radius 1 is 0.684 bits per heavy atom. The molecule has 0 spiro atoms. The molecule has 0 aromatic rings. The summed E-state index contributed by atoms with van der Waals surface area (Å²) in [7, 11) is 0. The fourth-order valence-corrected chi connectivity index (χ4v) is 0.593. The van der Waals surface area contributed by atoms with Gasteiger partial charge in [-0.25, -0.2) is 0 Å². The number of carbonyl (C=O) groups is 4. The van der Waals surface area contributed by atoms with Gasteiger partial charge in [0.2, 0.25) is 0 Å². The number of rotatable bonds is 7. The average Bonchev–Trinajstić information content (AvgIpc) is 2.14. The zero-order valence-corrected chi connectivity index (χ0v) is 17.1. The fourth-order valence-electron chi connectivity index (χ4n) is 0.593. The van der Waals surface area contributed by atoms with Crippen molar-refractivity contribution in [3.63, 3.8) is 0 Å². The van der Waals surface area contributed by atoms with Gasteiger partial charge in [-0.3, -0.25) is 9.59 Å². The number of hydrogen-bond donors (Lipinski definition) is 2. The van der Waals surface area contributed by atoms with Crippen molar-refractivity contribution in [1.82, 2.24) is 0 Å². The van der Waals surface area contributed by atoms with E-state index in [4.69, 9.17) is 10.2 Å². The van der Waals surface area contributed by atoms with Crippen molar-refractivity contribution in [1.29, 1.82) is 0 Å². The second-order valence-corrected chi connectivity index (χ2v) is 2.89. The Kier molecular flexibility index (Phi) is 28.6. The molecule has 0 atom stereocenters. The van der Waals surface area contributed by atoms with E-state index in [0.717, 1.165) is 0 Å². The maximum Gasteiger partial charge on any atom is 1.00 e. The van der Waals surface area contributed by atoms with Gasteiger partial charge < -0.3 is 30.0 Å². The zero-order chi connectivity index (χ0) is 13.8. The number of carbonyl (C=O) groups excluding carboxylic acids is 2. The minimum absolute atomic E-state index is 0. The standard InChI is InChI=1S/C5H8O4.C4H6O4.2K/c6-4(7)2-1-3-5(8)9;5-3(6)1-2-4(7)8;;/h1-3H2,(H,6,7)(H,8,9);1-2H2,(H,5,6)(H,7,8);;/q;;2*+1/p-2. The van der Waals surface area contributed by atoms with Crippen LogP contribution in [0.2, 0.25) is 0 Å². The van der Waals surface area contributed by atoms with Gasteiger partial charge in [-0.15, -0.1) is 0 Å². The van der Waals surface area contributed by atoms with Crippen LogP contribution in [-0.2, 0) is 19.2 Å². The van der Waals surface area contributed by atoms with E-state index in [9.17, 15) is 29.4 Å². The molecule has 0 fully saturated rings. The molecule has 0 rings (SSSR count). The Labute approximate surface area is 194 Å². The molecule has 0 bridgehead atoms. The maximum atomic E-state index is 9.77. The van der Waals surface area contributed by atoms with Crippen LogP contribution in [0.3, 0.4) is 0 Å². The summed E-state index contributed by atoms with van der Waals surface area (Å²) in [6, 6.07) is 0. The van der Waals surface area contributed by atoms with Crippen LogP contribution >= 0.6 is 0 Å². The minimum atomic E-state index is -1.33. The summed E-state index contributed by atoms with van der Waals surface area (Å²) in [4.78, 5) is 38.6. The van der Waals surface area contributed by atoms with Crippen LogP contribution in [-0.4, -0.2) is 34.1 Å². The van der Waals surface area contributed by atoms with Gasteiger partial charge in [0, 0.05) is 18.4 Å². The summed E-state index contributed by atoms with van der Waals surface area (Å²) in [5, 5.41) is 35.1. The van der Waals surface area contributed by atoms with Crippen LogP contribution in [0, 0.1) is 0 Å². The molecule has 98 valence electrons. The maximum absolute atomic E-state index is 9.77. The summed E-state index contributed by atoms with van der Waals surface area (Å²) < 4.78 is 0. The monoisotopic (exact) mass is 326 g/mol. The molecule has 0 aliphatic heterocycles. The Morgan fingerprint density at radius 3 is 1.26 bits per heavy atom. The van der Waals surface area contributed by atoms with Gasteiger partial charge in [0.05, 0.1) is 6.42 Å². The van der Waals surface area contributed by atoms with Crippen LogP contribution in [0.15, 0.2) is 0 Å². The van der Waals surface area contributed by atoms with Crippen molar-refractivity contribution in [3.8, 4) is 0 Å². The Balaban J connectivity index is -0.000000108. The molecule has 0 saturated carbocycles. The SMILES string of the molecule is O=C([O-])CCC(=O)O.O=C([O-])CCCC(=O)O.[K+].[K+]. The van der Waals surface area contributed by atoms with Crippen LogP contribution in [0.25, 0.3) is 0 Å². The summed E-state index contributed by atoms with van der Waals surface area (Å²) in [6.45, 7) is 0. The van der Waals surface area contributed by atoms with E-state index < -0.39 is 30.3 Å². The predicted molar refractivity (Wildman–Crippen MR) is 48.4 cm³/mol. The first-order chi connectivity index (χ1) is 7.75. The second kappa shape index (κ2) is 19.2. The molecule has 0 radical (unpaired) electrons. The van der Waals surface area contributed by atoms with E-state index >= 15 is 0 Å². The molecule has 0 aliphatic carbocycles. The first-order valence-electron chi connectivity index (χ1n) is 4.59. The van der Waals surface area contributed by atoms with Crippen LogP contribution in [0.5, 0.6) is 0 Å². The van der Waals surface area contributed by atoms with Crippen molar-refractivity contribution >= 4 is 23.9 Å². The van der Waals surface area contributed by atoms with Gasteiger partial charge in [-0.1, -0.05) is 0 Å². The molecular weight excluding hydrogens is 314 g/mol. The largest absolute Gasteiger partial charge is 1.00 e. The van der Waals surface area contributed by atoms with Crippen molar-refractivity contribution < 1.29 is 142 Å². The second-order valence-electron chi connectivity index (χ2n) is 2.89. The summed E-state index contributed by atoms with van der Waals surface area (Å²) >= 11 is 0. The molecule has 0 saturated heterocycles. The van der Waals surface area contributed by atoms with Gasteiger partial charge in [0.15, 0.2) is 0 Å². The van der Waals surface area contributed by atoms with Crippen molar-refractivity contribution in [2.45, 2.75) is 32.1 Å². The van der Waals surface area contributed by atoms with Crippen LogP contribution < -0.4 is 113 Å². The Morgan fingerprint density at radius 2 is 1.05 bits per heavy atom. The van der Waals surface area contributed by atoms with Crippen molar-refractivity contribution in [3.05, 3.63) is 0 Å². The number of carboxylic acids is 4. The molecular formula is C9H12K2O8. The van der Waals surface area contributed by atoms with E-state index in [0.29, 0.717) is 0 Å². The number of hydrogen-bond acceptors (Lipinski definition) is 6. The van der Waals surface area contributed by atoms with Gasteiger partial charge in [-0.05, 0) is 19.3 Å². The quantitative estimate of drug-likeness (QED) is 0.437. The molecule has 0 aromatic carbocycles. The topological polar surface area (TPSA) is 155 Å². The van der Waals surface area contributed by atoms with Gasteiger partial charge in [0.25, 0.3) is 0 Å². The molecule has 0 amide bonds. The third-order valence-corrected chi connectivity index (χ3v) is 1.31. The van der Waals surface area contributed by atoms with E-state index in [1.165, 1.54) is 0 Å². The number of carboxylic acid groups (broad SMARTS) is 4. The molecule has 2 N–H and O–H groups in total. The van der Waals surface area contributed by atoms with Crippen molar-refractivity contribution in [2.75, 3.05) is 0 Å². The minimum Gasteiger partial charge on any atom is -0.550 e. The van der Waals surface area contributed by atoms with E-state index in [1.807, 2.05) is 0 Å². The van der Waals surface area contributed by atoms with Gasteiger partial charge >= 0.3 is 115 Å². The fraction of sp³-hybridized carbons (Fsp3) is 0.556. The molecule has 0 unspecified atom stereocenters. The predicted octanol–water partition coefficient (Wildman–Crippen LogP) is -8.40. The van der Waals surface area contributed by atoms with Gasteiger partial charge in [-0.2, -0.15) is 0 Å². The third kappa shape index (κ3) is 38.2.